The van der Waals surface area contributed by atoms with E-state index >= 15 is 0 Å². The summed E-state index contributed by atoms with van der Waals surface area (Å²) in [5, 5.41) is 11.1. The third-order valence-corrected chi connectivity index (χ3v) is 6.53. The SMILES string of the molecule is COc1cccc([C@H]2CN(C(=O)Cn3cnnn3)[C@@H]3C4CCN(CC4)[C@H]23)c1. The van der Waals surface area contributed by atoms with Crippen molar-refractivity contribution in [2.24, 2.45) is 5.92 Å². The second kappa shape index (κ2) is 6.60. The molecule has 0 radical (unpaired) electrons. The van der Waals surface area contributed by atoms with Crippen LogP contribution in [-0.2, 0) is 11.3 Å². The number of nitrogens with zero attached hydrogens (tertiary/aromatic N) is 6. The standard InChI is InChI=1S/C19H24N6O2/c1-27-15-4-2-3-14(9-15)16-10-25(17(26)11-24-12-20-21-22-24)18-13-5-7-23(8-6-13)19(16)18/h2-4,9,12-13,16,18-19H,5-8,10-11H2,1H3/t16-,18-,19-/m1/s1. The lowest BCUT2D eigenvalue weighted by Gasteiger charge is -2.51. The molecule has 0 unspecified atom stereocenters. The normalized spacial score (nSPS) is 31.7. The minimum absolute atomic E-state index is 0.108. The Kier molecular flexibility index (Phi) is 4.07. The minimum atomic E-state index is 0.108. The van der Waals surface area contributed by atoms with E-state index in [1.54, 1.807) is 7.11 Å². The van der Waals surface area contributed by atoms with E-state index in [1.165, 1.54) is 29.4 Å². The zero-order valence-electron chi connectivity index (χ0n) is 15.4. The van der Waals surface area contributed by atoms with Gasteiger partial charge >= 0.3 is 0 Å². The van der Waals surface area contributed by atoms with Crippen molar-refractivity contribution in [3.63, 3.8) is 0 Å². The number of ether oxygens (including phenoxy) is 1. The van der Waals surface area contributed by atoms with Crippen LogP contribution in [0.2, 0.25) is 0 Å². The van der Waals surface area contributed by atoms with Crippen molar-refractivity contribution >= 4 is 5.91 Å². The molecule has 4 aliphatic heterocycles. The van der Waals surface area contributed by atoms with Gasteiger partial charge in [0.25, 0.3) is 0 Å². The molecule has 5 heterocycles. The number of methoxy groups -OCH3 is 1. The molecular weight excluding hydrogens is 344 g/mol. The first kappa shape index (κ1) is 16.7. The van der Waals surface area contributed by atoms with Gasteiger partial charge < -0.3 is 9.64 Å². The number of aromatic nitrogens is 4. The fourth-order valence-corrected chi connectivity index (χ4v) is 5.35. The number of hydrogen-bond donors (Lipinski definition) is 0. The molecule has 0 saturated carbocycles. The van der Waals surface area contributed by atoms with Crippen LogP contribution in [0, 0.1) is 5.92 Å². The molecule has 0 spiro atoms. The number of carbonyl (C=O) groups excluding carboxylic acids is 1. The van der Waals surface area contributed by atoms with Gasteiger partial charge in [-0.05, 0) is 60.0 Å². The van der Waals surface area contributed by atoms with Crippen molar-refractivity contribution in [3.8, 4) is 5.75 Å². The topological polar surface area (TPSA) is 76.4 Å². The maximum Gasteiger partial charge on any atom is 0.244 e. The molecule has 8 nitrogen and oxygen atoms in total. The molecule has 6 rings (SSSR count). The van der Waals surface area contributed by atoms with Crippen LogP contribution < -0.4 is 4.74 Å². The van der Waals surface area contributed by atoms with Gasteiger partial charge in [0, 0.05) is 18.5 Å². The van der Waals surface area contributed by atoms with Crippen LogP contribution in [-0.4, -0.2) is 74.7 Å². The van der Waals surface area contributed by atoms with Crippen LogP contribution in [0.1, 0.15) is 24.3 Å². The van der Waals surface area contributed by atoms with Crippen molar-refractivity contribution in [1.82, 2.24) is 30.0 Å². The molecule has 1 amide bonds. The molecule has 2 bridgehead atoms. The van der Waals surface area contributed by atoms with E-state index in [0.29, 0.717) is 17.9 Å². The van der Waals surface area contributed by atoms with Gasteiger partial charge in [0.2, 0.25) is 5.91 Å². The Hall–Kier alpha value is -2.48. The van der Waals surface area contributed by atoms with Crippen LogP contribution in [0.5, 0.6) is 5.75 Å². The second-order valence-corrected chi connectivity index (χ2v) is 7.79. The number of carbonyl (C=O) groups is 1. The van der Waals surface area contributed by atoms with Gasteiger partial charge in [0.15, 0.2) is 0 Å². The molecular formula is C19H24N6O2. The second-order valence-electron chi connectivity index (χ2n) is 7.79. The predicted molar refractivity (Wildman–Crippen MR) is 97.1 cm³/mol. The number of piperidine rings is 3. The summed E-state index contributed by atoms with van der Waals surface area (Å²) in [5.41, 5.74) is 1.26. The summed E-state index contributed by atoms with van der Waals surface area (Å²) in [6, 6.07) is 8.99. The summed E-state index contributed by atoms with van der Waals surface area (Å²) >= 11 is 0. The predicted octanol–water partition coefficient (Wildman–Crippen LogP) is 0.771. The number of rotatable bonds is 4. The van der Waals surface area contributed by atoms with Gasteiger partial charge in [-0.2, -0.15) is 0 Å². The highest BCUT2D eigenvalue weighted by Crippen LogP contribution is 2.46. The van der Waals surface area contributed by atoms with Gasteiger partial charge in [-0.15, -0.1) is 5.10 Å². The van der Waals surface area contributed by atoms with Crippen molar-refractivity contribution in [2.75, 3.05) is 26.7 Å². The Morgan fingerprint density at radius 2 is 2.11 bits per heavy atom. The number of hydrogen-bond acceptors (Lipinski definition) is 6. The fourth-order valence-electron chi connectivity index (χ4n) is 5.35. The Balaban J connectivity index is 1.47. The molecule has 1 aromatic carbocycles. The van der Waals surface area contributed by atoms with Crippen molar-refractivity contribution in [3.05, 3.63) is 36.2 Å². The third kappa shape index (κ3) is 2.79. The Morgan fingerprint density at radius 1 is 1.26 bits per heavy atom. The van der Waals surface area contributed by atoms with Crippen molar-refractivity contribution in [1.29, 1.82) is 0 Å². The van der Waals surface area contributed by atoms with Crippen LogP contribution in [0.25, 0.3) is 0 Å². The lowest BCUT2D eigenvalue weighted by Crippen LogP contribution is -2.61. The van der Waals surface area contributed by atoms with E-state index in [9.17, 15) is 4.79 Å². The monoisotopic (exact) mass is 368 g/mol. The molecule has 0 aliphatic carbocycles. The Morgan fingerprint density at radius 3 is 2.85 bits per heavy atom. The summed E-state index contributed by atoms with van der Waals surface area (Å²) in [6.45, 7) is 3.23. The fraction of sp³-hybridized carbons (Fsp3) is 0.579. The summed E-state index contributed by atoms with van der Waals surface area (Å²) in [5.74, 6) is 1.88. The zero-order chi connectivity index (χ0) is 18.4. The largest absolute Gasteiger partial charge is 0.497 e. The molecule has 2 aromatic rings. The third-order valence-electron chi connectivity index (χ3n) is 6.53. The smallest absolute Gasteiger partial charge is 0.244 e. The quantitative estimate of drug-likeness (QED) is 0.793. The Labute approximate surface area is 158 Å². The summed E-state index contributed by atoms with van der Waals surface area (Å²) in [7, 11) is 1.70. The highest BCUT2D eigenvalue weighted by atomic mass is 16.5. The first-order valence-corrected chi connectivity index (χ1v) is 9.63. The molecule has 0 N–H and O–H groups in total. The maximum atomic E-state index is 13.1. The summed E-state index contributed by atoms with van der Waals surface area (Å²) < 4.78 is 6.95. The number of fused-ring (bicyclic) bond motifs is 2. The molecule has 1 aromatic heterocycles. The van der Waals surface area contributed by atoms with E-state index in [4.69, 9.17) is 4.74 Å². The van der Waals surface area contributed by atoms with Gasteiger partial charge in [-0.25, -0.2) is 4.68 Å². The highest BCUT2D eigenvalue weighted by molar-refractivity contribution is 5.77. The van der Waals surface area contributed by atoms with E-state index in [2.05, 4.69) is 37.5 Å². The highest BCUT2D eigenvalue weighted by Gasteiger charge is 2.54. The van der Waals surface area contributed by atoms with Gasteiger partial charge in [0.1, 0.15) is 18.6 Å². The van der Waals surface area contributed by atoms with E-state index in [1.807, 2.05) is 12.1 Å². The molecule has 27 heavy (non-hydrogen) atoms. The van der Waals surface area contributed by atoms with Gasteiger partial charge in [-0.3, -0.25) is 9.69 Å². The first-order valence-electron chi connectivity index (χ1n) is 9.63. The van der Waals surface area contributed by atoms with Crippen molar-refractivity contribution < 1.29 is 9.53 Å². The zero-order valence-corrected chi connectivity index (χ0v) is 15.4. The molecule has 8 heteroatoms. The molecule has 4 saturated heterocycles. The average Bonchev–Trinajstić information content (AvgIpc) is 3.37. The number of amides is 1. The Bertz CT molecular complexity index is 817. The van der Waals surface area contributed by atoms with E-state index in [-0.39, 0.29) is 18.5 Å². The van der Waals surface area contributed by atoms with Crippen LogP contribution in [0.3, 0.4) is 0 Å². The summed E-state index contributed by atoms with van der Waals surface area (Å²) in [4.78, 5) is 17.8. The van der Waals surface area contributed by atoms with Crippen LogP contribution in [0.15, 0.2) is 30.6 Å². The average molecular weight is 368 g/mol. The van der Waals surface area contributed by atoms with Gasteiger partial charge in [0.05, 0.1) is 13.2 Å². The van der Waals surface area contributed by atoms with Crippen LogP contribution >= 0.6 is 0 Å². The molecule has 4 aliphatic rings. The molecule has 3 atom stereocenters. The maximum absolute atomic E-state index is 13.1. The lowest BCUT2D eigenvalue weighted by atomic mass is 9.75. The van der Waals surface area contributed by atoms with Gasteiger partial charge in [-0.1, -0.05) is 12.1 Å². The molecule has 142 valence electrons. The number of tetrazole rings is 1. The van der Waals surface area contributed by atoms with E-state index in [0.717, 1.165) is 25.4 Å². The van der Waals surface area contributed by atoms with Crippen LogP contribution in [0.4, 0.5) is 0 Å². The van der Waals surface area contributed by atoms with Crippen molar-refractivity contribution in [2.45, 2.75) is 37.4 Å². The van der Waals surface area contributed by atoms with E-state index < -0.39 is 0 Å². The number of benzene rings is 1. The summed E-state index contributed by atoms with van der Waals surface area (Å²) in [6.07, 6.45) is 3.86. The first-order chi connectivity index (χ1) is 13.2. The lowest BCUT2D eigenvalue weighted by molar-refractivity contribution is -0.136. The number of likely N-dealkylation sites (tertiary alicyclic amines) is 1. The molecule has 4 fully saturated rings. The minimum Gasteiger partial charge on any atom is -0.497 e.